The summed E-state index contributed by atoms with van der Waals surface area (Å²) in [6, 6.07) is 17.9. The summed E-state index contributed by atoms with van der Waals surface area (Å²) >= 11 is 0. The molecule has 0 unspecified atom stereocenters. The molecule has 9 heteroatoms. The first kappa shape index (κ1) is 23.3. The van der Waals surface area contributed by atoms with Gasteiger partial charge in [0.05, 0.1) is 30.8 Å². The maximum atomic E-state index is 13.6. The van der Waals surface area contributed by atoms with E-state index in [2.05, 4.69) is 4.98 Å². The van der Waals surface area contributed by atoms with Crippen molar-refractivity contribution in [3.05, 3.63) is 94.5 Å². The van der Waals surface area contributed by atoms with E-state index in [0.717, 1.165) is 16.4 Å². The van der Waals surface area contributed by atoms with E-state index >= 15 is 0 Å². The SMILES string of the molecule is CCOc1ccc(N(Cc2cc3cc(OC)ccc3[nH]c2=O)S(=O)(=O)c2ccc(F)cc2)cc1. The zero-order chi connectivity index (χ0) is 24.3. The first-order chi connectivity index (χ1) is 16.3. The molecule has 0 spiro atoms. The Hall–Kier alpha value is -3.85. The van der Waals surface area contributed by atoms with Crippen LogP contribution >= 0.6 is 0 Å². The van der Waals surface area contributed by atoms with E-state index in [1.165, 1.54) is 19.2 Å². The van der Waals surface area contributed by atoms with Gasteiger partial charge in [-0.05, 0) is 79.7 Å². The number of methoxy groups -OCH3 is 1. The number of aromatic nitrogens is 1. The third kappa shape index (κ3) is 4.74. The molecule has 0 amide bonds. The Morgan fingerprint density at radius 1 is 0.941 bits per heavy atom. The number of hydrogen-bond acceptors (Lipinski definition) is 5. The van der Waals surface area contributed by atoms with E-state index in [4.69, 9.17) is 9.47 Å². The lowest BCUT2D eigenvalue weighted by atomic mass is 10.1. The van der Waals surface area contributed by atoms with Crippen molar-refractivity contribution in [2.45, 2.75) is 18.4 Å². The number of H-pyrrole nitrogens is 1. The minimum absolute atomic E-state index is 0.0957. The number of anilines is 1. The lowest BCUT2D eigenvalue weighted by Gasteiger charge is -2.25. The van der Waals surface area contributed by atoms with Gasteiger partial charge in [-0.3, -0.25) is 9.10 Å². The van der Waals surface area contributed by atoms with E-state index in [-0.39, 0.29) is 17.0 Å². The maximum absolute atomic E-state index is 13.6. The second-order valence-electron chi connectivity index (χ2n) is 7.47. The van der Waals surface area contributed by atoms with Crippen LogP contribution in [0.5, 0.6) is 11.5 Å². The molecule has 176 valence electrons. The second kappa shape index (κ2) is 9.56. The molecule has 4 rings (SSSR count). The Balaban J connectivity index is 1.82. The Labute approximate surface area is 196 Å². The predicted octanol–water partition coefficient (Wildman–Crippen LogP) is 4.47. The van der Waals surface area contributed by atoms with Crippen molar-refractivity contribution in [1.29, 1.82) is 0 Å². The van der Waals surface area contributed by atoms with Crippen LogP contribution in [-0.4, -0.2) is 27.1 Å². The van der Waals surface area contributed by atoms with E-state index in [0.29, 0.717) is 34.7 Å². The predicted molar refractivity (Wildman–Crippen MR) is 129 cm³/mol. The first-order valence-corrected chi connectivity index (χ1v) is 12.0. The Bertz CT molecular complexity index is 1470. The maximum Gasteiger partial charge on any atom is 0.264 e. The number of aromatic amines is 1. The quantitative estimate of drug-likeness (QED) is 0.400. The molecule has 1 aromatic heterocycles. The van der Waals surface area contributed by atoms with Crippen molar-refractivity contribution in [2.75, 3.05) is 18.0 Å². The van der Waals surface area contributed by atoms with Crippen molar-refractivity contribution >= 4 is 26.6 Å². The third-order valence-corrected chi connectivity index (χ3v) is 7.07. The topological polar surface area (TPSA) is 88.7 Å². The van der Waals surface area contributed by atoms with Gasteiger partial charge in [-0.1, -0.05) is 0 Å². The molecular formula is C25H23FN2O5S. The average molecular weight is 483 g/mol. The molecule has 0 radical (unpaired) electrons. The van der Waals surface area contributed by atoms with Crippen LogP contribution < -0.4 is 19.3 Å². The molecule has 34 heavy (non-hydrogen) atoms. The summed E-state index contributed by atoms with van der Waals surface area (Å²) in [5.74, 6) is 0.639. The fraction of sp³-hybridized carbons (Fsp3) is 0.160. The zero-order valence-corrected chi connectivity index (χ0v) is 19.4. The van der Waals surface area contributed by atoms with Crippen LogP contribution in [0.15, 0.2) is 82.5 Å². The summed E-state index contributed by atoms with van der Waals surface area (Å²) in [5, 5.41) is 0.694. The normalized spacial score (nSPS) is 11.4. The van der Waals surface area contributed by atoms with Crippen LogP contribution in [0, 0.1) is 5.82 Å². The molecule has 0 saturated heterocycles. The summed E-state index contributed by atoms with van der Waals surface area (Å²) in [5.41, 5.74) is 0.754. The molecule has 4 aromatic rings. The van der Waals surface area contributed by atoms with Crippen LogP contribution in [0.4, 0.5) is 10.1 Å². The minimum atomic E-state index is -4.13. The monoisotopic (exact) mass is 482 g/mol. The molecule has 7 nitrogen and oxygen atoms in total. The van der Waals surface area contributed by atoms with Crippen LogP contribution in [0.3, 0.4) is 0 Å². The molecule has 3 aromatic carbocycles. The molecule has 0 aliphatic rings. The summed E-state index contributed by atoms with van der Waals surface area (Å²) in [6.45, 7) is 2.07. The highest BCUT2D eigenvalue weighted by molar-refractivity contribution is 7.92. The van der Waals surface area contributed by atoms with Gasteiger partial charge in [0.25, 0.3) is 15.6 Å². The average Bonchev–Trinajstić information content (AvgIpc) is 2.83. The number of halogens is 1. The van der Waals surface area contributed by atoms with Crippen molar-refractivity contribution in [3.63, 3.8) is 0 Å². The van der Waals surface area contributed by atoms with E-state index < -0.39 is 21.4 Å². The number of pyridine rings is 1. The lowest BCUT2D eigenvalue weighted by Crippen LogP contribution is -2.33. The summed E-state index contributed by atoms with van der Waals surface area (Å²) < 4.78 is 52.4. The van der Waals surface area contributed by atoms with Crippen LogP contribution in [-0.2, 0) is 16.6 Å². The standard InChI is InChI=1S/C25H23FN2O5S/c1-3-33-21-8-6-20(7-9-21)28(34(30,31)23-11-4-19(26)5-12-23)16-18-14-17-15-22(32-2)10-13-24(17)27-25(18)29/h4-15H,3,16H2,1-2H3,(H,27,29). The number of hydrogen-bond donors (Lipinski definition) is 1. The van der Waals surface area contributed by atoms with Crippen molar-refractivity contribution in [1.82, 2.24) is 4.98 Å². The number of fused-ring (bicyclic) bond motifs is 1. The van der Waals surface area contributed by atoms with Gasteiger partial charge in [-0.2, -0.15) is 0 Å². The Morgan fingerprint density at radius 3 is 2.26 bits per heavy atom. The van der Waals surface area contributed by atoms with Gasteiger partial charge in [0.1, 0.15) is 17.3 Å². The fourth-order valence-electron chi connectivity index (χ4n) is 3.55. The fourth-order valence-corrected chi connectivity index (χ4v) is 5.00. The molecule has 1 heterocycles. The van der Waals surface area contributed by atoms with Crippen molar-refractivity contribution in [3.8, 4) is 11.5 Å². The number of rotatable bonds is 8. The molecule has 0 fully saturated rings. The molecule has 0 bridgehead atoms. The smallest absolute Gasteiger partial charge is 0.264 e. The Kier molecular flexibility index (Phi) is 6.56. The van der Waals surface area contributed by atoms with Crippen LogP contribution in [0.1, 0.15) is 12.5 Å². The molecule has 0 saturated carbocycles. The van der Waals surface area contributed by atoms with Crippen LogP contribution in [0.2, 0.25) is 0 Å². The van der Waals surface area contributed by atoms with Crippen molar-refractivity contribution < 1.29 is 22.3 Å². The van der Waals surface area contributed by atoms with Gasteiger partial charge in [0.2, 0.25) is 0 Å². The number of nitrogens with one attached hydrogen (secondary N) is 1. The lowest BCUT2D eigenvalue weighted by molar-refractivity contribution is 0.340. The number of ether oxygens (including phenoxy) is 2. The van der Waals surface area contributed by atoms with Crippen LogP contribution in [0.25, 0.3) is 10.9 Å². The molecular weight excluding hydrogens is 459 g/mol. The summed E-state index contributed by atoms with van der Waals surface area (Å²) in [4.78, 5) is 15.5. The van der Waals surface area contributed by atoms with Gasteiger partial charge in [0, 0.05) is 16.5 Å². The highest BCUT2D eigenvalue weighted by Gasteiger charge is 2.26. The molecule has 0 aliphatic heterocycles. The van der Waals surface area contributed by atoms with Gasteiger partial charge in [-0.15, -0.1) is 0 Å². The van der Waals surface area contributed by atoms with Gasteiger partial charge in [-0.25, -0.2) is 12.8 Å². The number of sulfonamides is 1. The first-order valence-electron chi connectivity index (χ1n) is 10.5. The summed E-state index contributed by atoms with van der Waals surface area (Å²) in [7, 11) is -2.59. The molecule has 0 atom stereocenters. The third-order valence-electron chi connectivity index (χ3n) is 5.28. The molecule has 1 N–H and O–H groups in total. The van der Waals surface area contributed by atoms with E-state index in [1.54, 1.807) is 48.5 Å². The highest BCUT2D eigenvalue weighted by Crippen LogP contribution is 2.28. The number of nitrogens with zero attached hydrogens (tertiary/aromatic N) is 1. The van der Waals surface area contributed by atoms with Gasteiger partial charge in [0.15, 0.2) is 0 Å². The summed E-state index contributed by atoms with van der Waals surface area (Å²) in [6.07, 6.45) is 0. The van der Waals surface area contributed by atoms with Gasteiger partial charge < -0.3 is 14.5 Å². The Morgan fingerprint density at radius 2 is 1.62 bits per heavy atom. The minimum Gasteiger partial charge on any atom is -0.497 e. The zero-order valence-electron chi connectivity index (χ0n) is 18.6. The largest absolute Gasteiger partial charge is 0.497 e. The highest BCUT2D eigenvalue weighted by atomic mass is 32.2. The van der Waals surface area contributed by atoms with E-state index in [1.807, 2.05) is 6.92 Å². The van der Waals surface area contributed by atoms with E-state index in [9.17, 15) is 17.6 Å². The second-order valence-corrected chi connectivity index (χ2v) is 9.33. The molecule has 0 aliphatic carbocycles. The number of benzene rings is 3. The van der Waals surface area contributed by atoms with Crippen molar-refractivity contribution in [2.24, 2.45) is 0 Å². The van der Waals surface area contributed by atoms with Gasteiger partial charge >= 0.3 is 0 Å².